The summed E-state index contributed by atoms with van der Waals surface area (Å²) in [6.45, 7) is 6.09. The van der Waals surface area contributed by atoms with E-state index >= 15 is 0 Å². The van der Waals surface area contributed by atoms with Crippen LogP contribution >= 0.6 is 23.1 Å². The fourth-order valence-electron chi connectivity index (χ4n) is 4.95. The number of morpholine rings is 1. The summed E-state index contributed by atoms with van der Waals surface area (Å²) in [5.41, 5.74) is 4.26. The van der Waals surface area contributed by atoms with E-state index in [-0.39, 0.29) is 0 Å². The summed E-state index contributed by atoms with van der Waals surface area (Å²) in [5, 5.41) is 11.6. The summed E-state index contributed by atoms with van der Waals surface area (Å²) < 4.78 is 27.0. The van der Waals surface area contributed by atoms with Crippen LogP contribution in [0.25, 0.3) is 22.2 Å². The first-order valence-corrected chi connectivity index (χ1v) is 16.9. The molecule has 2 N–H and O–H groups in total. The van der Waals surface area contributed by atoms with Crippen LogP contribution in [0.3, 0.4) is 0 Å². The molecule has 0 unspecified atom stereocenters. The van der Waals surface area contributed by atoms with Gasteiger partial charge in [0.05, 0.1) is 47.5 Å². The molecule has 1 saturated heterocycles. The van der Waals surface area contributed by atoms with Crippen LogP contribution < -0.4 is 25.6 Å². The molecule has 1 aliphatic heterocycles. The third kappa shape index (κ3) is 6.03. The Kier molecular flexibility index (Phi) is 7.99. The zero-order valence-corrected chi connectivity index (χ0v) is 26.6. The number of nitrogens with zero attached hydrogens (tertiary/aromatic N) is 8. The Morgan fingerprint density at radius 2 is 1.81 bits per heavy atom. The lowest BCUT2D eigenvalue weighted by molar-refractivity contribution is 0.122. The van der Waals surface area contributed by atoms with Crippen molar-refractivity contribution < 1.29 is 14.0 Å². The van der Waals surface area contributed by atoms with E-state index < -0.39 is 7.14 Å². The number of halogens is 1. The molecule has 4 aromatic heterocycles. The van der Waals surface area contributed by atoms with Crippen molar-refractivity contribution in [3.63, 3.8) is 0 Å². The highest BCUT2D eigenvalue weighted by molar-refractivity contribution is 9.10. The molecule has 5 aromatic rings. The Balaban J connectivity index is 1.38. The van der Waals surface area contributed by atoms with Crippen molar-refractivity contribution in [2.75, 3.05) is 62.3 Å². The molecule has 15 heteroatoms. The van der Waals surface area contributed by atoms with Crippen LogP contribution in [0.15, 0.2) is 53.7 Å². The molecule has 43 heavy (non-hydrogen) atoms. The van der Waals surface area contributed by atoms with E-state index in [1.165, 1.54) is 0 Å². The number of ether oxygens (including phenoxy) is 2. The molecule has 1 aliphatic rings. The number of fused-ring (bicyclic) bond motifs is 1. The number of benzene rings is 1. The minimum absolute atomic E-state index is 0.306. The lowest BCUT2D eigenvalue weighted by Gasteiger charge is -2.30. The van der Waals surface area contributed by atoms with Gasteiger partial charge >= 0.3 is 0 Å². The molecule has 1 aromatic carbocycles. The van der Waals surface area contributed by atoms with Gasteiger partial charge in [0.15, 0.2) is 0 Å². The van der Waals surface area contributed by atoms with Gasteiger partial charge in [-0.15, -0.1) is 0 Å². The first-order valence-electron chi connectivity index (χ1n) is 13.5. The van der Waals surface area contributed by atoms with Gasteiger partial charge in [-0.2, -0.15) is 15.1 Å². The highest BCUT2D eigenvalue weighted by Crippen LogP contribution is 2.42. The summed E-state index contributed by atoms with van der Waals surface area (Å²) in [6, 6.07) is 5.65. The number of methoxy groups -OCH3 is 1. The maximum atomic E-state index is 13.4. The number of aryl methyl sites for hydroxylation is 1. The molecule has 0 saturated carbocycles. The smallest absolute Gasteiger partial charge is 0.239 e. The second-order valence-corrected chi connectivity index (χ2v) is 14.3. The molecule has 6 rings (SSSR count). The topological polar surface area (TPSA) is 145 Å². The number of rotatable bonds is 8. The van der Waals surface area contributed by atoms with Crippen LogP contribution in [-0.2, 0) is 16.3 Å². The zero-order chi connectivity index (χ0) is 30.1. The largest absolute Gasteiger partial charge is 0.479 e. The van der Waals surface area contributed by atoms with Gasteiger partial charge in [0, 0.05) is 56.1 Å². The quantitative estimate of drug-likeness (QED) is 0.224. The van der Waals surface area contributed by atoms with Gasteiger partial charge < -0.3 is 29.6 Å². The van der Waals surface area contributed by atoms with Crippen molar-refractivity contribution in [1.29, 1.82) is 0 Å². The minimum Gasteiger partial charge on any atom is -0.479 e. The molecule has 0 radical (unpaired) electrons. The summed E-state index contributed by atoms with van der Waals surface area (Å²) in [7, 11) is 0.691. The standard InChI is InChI=1S/C28H30BrN10O3P/c1-38-16-17(14-33-38)18-13-22(27(41-2)37-26(18)39-9-11-42-12-10-39)35-28-32-15-19(29)25(36-28)34-21-6-5-20-23(31-8-7-30-20)24(21)43(3,4)40/h5-8,13-16H,9-12H2,1-4H3,(H2,32,34,35,36). The van der Waals surface area contributed by atoms with E-state index in [2.05, 4.69) is 51.5 Å². The first-order chi connectivity index (χ1) is 20.7. The fraction of sp³-hybridized carbons (Fsp3) is 0.286. The summed E-state index contributed by atoms with van der Waals surface area (Å²) in [6.07, 6.45) is 8.60. The third-order valence-corrected chi connectivity index (χ3v) is 8.99. The number of aromatic nitrogens is 7. The zero-order valence-electron chi connectivity index (χ0n) is 24.1. The molecular formula is C28H30BrN10O3P. The van der Waals surface area contributed by atoms with E-state index in [4.69, 9.17) is 19.4 Å². The van der Waals surface area contributed by atoms with E-state index in [1.54, 1.807) is 49.9 Å². The van der Waals surface area contributed by atoms with Crippen LogP contribution in [0.5, 0.6) is 5.88 Å². The second-order valence-electron chi connectivity index (χ2n) is 10.3. The molecule has 0 atom stereocenters. The normalized spacial score (nSPS) is 13.7. The Labute approximate surface area is 256 Å². The van der Waals surface area contributed by atoms with E-state index in [1.807, 2.05) is 31.4 Å². The molecule has 5 heterocycles. The molecule has 0 spiro atoms. The maximum absolute atomic E-state index is 13.4. The lowest BCUT2D eigenvalue weighted by atomic mass is 10.1. The highest BCUT2D eigenvalue weighted by Gasteiger charge is 2.24. The van der Waals surface area contributed by atoms with Crippen molar-refractivity contribution >= 4 is 68.4 Å². The van der Waals surface area contributed by atoms with Crippen LogP contribution in [0.2, 0.25) is 0 Å². The molecule has 1 fully saturated rings. The van der Waals surface area contributed by atoms with Crippen molar-refractivity contribution in [1.82, 2.24) is 34.7 Å². The van der Waals surface area contributed by atoms with E-state index in [9.17, 15) is 4.57 Å². The number of pyridine rings is 1. The number of hydrogen-bond donors (Lipinski definition) is 2. The number of hydrogen-bond acceptors (Lipinski definition) is 12. The Bertz CT molecular complexity index is 1850. The predicted molar refractivity (Wildman–Crippen MR) is 171 cm³/mol. The van der Waals surface area contributed by atoms with Crippen LogP contribution in [0.4, 0.5) is 29.0 Å². The monoisotopic (exact) mass is 664 g/mol. The fourth-order valence-corrected chi connectivity index (χ4v) is 6.64. The van der Waals surface area contributed by atoms with E-state index in [0.29, 0.717) is 76.1 Å². The molecule has 0 bridgehead atoms. The van der Waals surface area contributed by atoms with Gasteiger partial charge in [-0.1, -0.05) is 0 Å². The average Bonchev–Trinajstić information content (AvgIpc) is 3.44. The Hall–Kier alpha value is -4.13. The SMILES string of the molecule is COc1nc(N2CCOCC2)c(-c2cnn(C)c2)cc1Nc1ncc(Br)c(Nc2ccc3nccnc3c2P(C)(C)=O)n1. The predicted octanol–water partition coefficient (Wildman–Crippen LogP) is 4.56. The first kappa shape index (κ1) is 29.0. The molecular weight excluding hydrogens is 635 g/mol. The summed E-state index contributed by atoms with van der Waals surface area (Å²) >= 11 is 3.55. The number of anilines is 5. The molecule has 0 amide bonds. The molecule has 222 valence electrons. The Morgan fingerprint density at radius 1 is 1.02 bits per heavy atom. The minimum atomic E-state index is -2.76. The second kappa shape index (κ2) is 11.9. The van der Waals surface area contributed by atoms with Crippen LogP contribution in [-0.4, -0.2) is 81.4 Å². The van der Waals surface area contributed by atoms with Gasteiger partial charge in [0.25, 0.3) is 0 Å². The van der Waals surface area contributed by atoms with Gasteiger partial charge in [0.1, 0.15) is 30.0 Å². The van der Waals surface area contributed by atoms with Crippen LogP contribution in [0.1, 0.15) is 0 Å². The van der Waals surface area contributed by atoms with Crippen molar-refractivity contribution in [3.05, 3.63) is 53.7 Å². The van der Waals surface area contributed by atoms with Gasteiger partial charge in [-0.3, -0.25) is 14.6 Å². The average molecular weight is 665 g/mol. The third-order valence-electron chi connectivity index (χ3n) is 6.88. The van der Waals surface area contributed by atoms with Crippen molar-refractivity contribution in [2.45, 2.75) is 0 Å². The van der Waals surface area contributed by atoms with Gasteiger partial charge in [0.2, 0.25) is 11.8 Å². The summed E-state index contributed by atoms with van der Waals surface area (Å²) in [4.78, 5) is 25.1. The van der Waals surface area contributed by atoms with Gasteiger partial charge in [-0.05, 0) is 47.5 Å². The van der Waals surface area contributed by atoms with Crippen LogP contribution in [0, 0.1) is 0 Å². The van der Waals surface area contributed by atoms with Crippen molar-refractivity contribution in [3.8, 4) is 17.0 Å². The lowest BCUT2D eigenvalue weighted by Crippen LogP contribution is -2.37. The van der Waals surface area contributed by atoms with E-state index in [0.717, 1.165) is 16.9 Å². The molecule has 13 nitrogen and oxygen atoms in total. The maximum Gasteiger partial charge on any atom is 0.239 e. The highest BCUT2D eigenvalue weighted by atomic mass is 79.9. The van der Waals surface area contributed by atoms with Gasteiger partial charge in [-0.25, -0.2) is 4.98 Å². The van der Waals surface area contributed by atoms with Crippen molar-refractivity contribution in [2.24, 2.45) is 7.05 Å². The molecule has 0 aliphatic carbocycles. The number of nitrogens with one attached hydrogen (secondary N) is 2. The summed E-state index contributed by atoms with van der Waals surface area (Å²) in [5.74, 6) is 1.96. The Morgan fingerprint density at radius 3 is 2.53 bits per heavy atom.